The second-order valence-electron chi connectivity index (χ2n) is 4.54. The molecule has 0 aromatic carbocycles. The maximum absolute atomic E-state index is 11.7. The molecule has 0 bridgehead atoms. The number of carbonyl (C=O) groups excluding carboxylic acids is 1. The minimum Gasteiger partial charge on any atom is -0.351 e. The molecule has 1 unspecified atom stereocenters. The van der Waals surface area contributed by atoms with Crippen LogP contribution in [0.2, 0.25) is 0 Å². The molecule has 1 aliphatic rings. The molecule has 1 amide bonds. The van der Waals surface area contributed by atoms with Crippen molar-refractivity contribution in [1.29, 1.82) is 0 Å². The van der Waals surface area contributed by atoms with Gasteiger partial charge in [0.2, 0.25) is 5.91 Å². The van der Waals surface area contributed by atoms with Gasteiger partial charge in [0.05, 0.1) is 11.6 Å². The summed E-state index contributed by atoms with van der Waals surface area (Å²) in [6.45, 7) is 4.67. The highest BCUT2D eigenvalue weighted by Gasteiger charge is 2.16. The summed E-state index contributed by atoms with van der Waals surface area (Å²) in [5, 5.41) is 7.34. The summed E-state index contributed by atoms with van der Waals surface area (Å²) in [5.41, 5.74) is 0. The van der Waals surface area contributed by atoms with Crippen LogP contribution < -0.4 is 10.6 Å². The van der Waals surface area contributed by atoms with Crippen molar-refractivity contribution in [3.63, 3.8) is 0 Å². The Morgan fingerprint density at radius 3 is 3.24 bits per heavy atom. The maximum atomic E-state index is 11.7. The molecule has 5 heteroatoms. The molecule has 0 spiro atoms. The normalized spacial score (nSPS) is 20.2. The van der Waals surface area contributed by atoms with Gasteiger partial charge in [0.15, 0.2) is 0 Å². The van der Waals surface area contributed by atoms with E-state index in [9.17, 15) is 4.79 Å². The fourth-order valence-electron chi connectivity index (χ4n) is 2.11. The van der Waals surface area contributed by atoms with Crippen molar-refractivity contribution in [2.75, 3.05) is 13.1 Å². The van der Waals surface area contributed by atoms with E-state index in [0.29, 0.717) is 18.9 Å². The van der Waals surface area contributed by atoms with E-state index in [-0.39, 0.29) is 5.91 Å². The predicted octanol–water partition coefficient (Wildman–Crippen LogP) is 1.46. The van der Waals surface area contributed by atoms with E-state index >= 15 is 0 Å². The largest absolute Gasteiger partial charge is 0.351 e. The Bertz CT molecular complexity index is 372. The first-order valence-electron chi connectivity index (χ1n) is 6.13. The lowest BCUT2D eigenvalue weighted by Crippen LogP contribution is -2.34. The number of rotatable bonds is 4. The lowest BCUT2D eigenvalue weighted by Gasteiger charge is -2.21. The number of piperidine rings is 1. The minimum atomic E-state index is 0.157. The molecule has 0 radical (unpaired) electrons. The number of nitrogens with one attached hydrogen (secondary N) is 2. The van der Waals surface area contributed by atoms with Gasteiger partial charge in [0.25, 0.3) is 0 Å². The van der Waals surface area contributed by atoms with Crippen molar-refractivity contribution in [1.82, 2.24) is 15.6 Å². The van der Waals surface area contributed by atoms with E-state index in [1.165, 1.54) is 12.8 Å². The molecule has 1 aromatic heterocycles. The third kappa shape index (κ3) is 4.09. The quantitative estimate of drug-likeness (QED) is 0.854. The Morgan fingerprint density at radius 2 is 2.59 bits per heavy atom. The monoisotopic (exact) mass is 253 g/mol. The number of amides is 1. The highest BCUT2D eigenvalue weighted by atomic mass is 32.1. The summed E-state index contributed by atoms with van der Waals surface area (Å²) in [5.74, 6) is 0.664. The van der Waals surface area contributed by atoms with Crippen LogP contribution in [0.3, 0.4) is 0 Å². The standard InChI is InChI=1S/C12H19N3OS/c1-9-14-7-11(17-9)8-15-12(16)5-10-3-2-4-13-6-10/h7,10,13H,2-6,8H2,1H3,(H,15,16). The van der Waals surface area contributed by atoms with Gasteiger partial charge < -0.3 is 10.6 Å². The zero-order valence-electron chi connectivity index (χ0n) is 10.2. The van der Waals surface area contributed by atoms with Crippen LogP contribution in [0.25, 0.3) is 0 Å². The van der Waals surface area contributed by atoms with Gasteiger partial charge in [-0.25, -0.2) is 4.98 Å². The zero-order chi connectivity index (χ0) is 12.1. The Morgan fingerprint density at radius 1 is 1.71 bits per heavy atom. The van der Waals surface area contributed by atoms with Gasteiger partial charge in [-0.2, -0.15) is 0 Å². The Kier molecular flexibility index (Phi) is 4.50. The number of aromatic nitrogens is 1. The fraction of sp³-hybridized carbons (Fsp3) is 0.667. The molecule has 1 aromatic rings. The summed E-state index contributed by atoms with van der Waals surface area (Å²) in [6, 6.07) is 0. The first-order valence-corrected chi connectivity index (χ1v) is 6.94. The van der Waals surface area contributed by atoms with E-state index in [4.69, 9.17) is 0 Å². The molecule has 0 saturated carbocycles. The second-order valence-corrected chi connectivity index (χ2v) is 5.86. The van der Waals surface area contributed by atoms with Crippen molar-refractivity contribution in [2.24, 2.45) is 5.92 Å². The zero-order valence-corrected chi connectivity index (χ0v) is 11.0. The first-order chi connectivity index (χ1) is 8.24. The lowest BCUT2D eigenvalue weighted by molar-refractivity contribution is -0.122. The summed E-state index contributed by atoms with van der Waals surface area (Å²) in [6.07, 6.45) is 4.83. The van der Waals surface area contributed by atoms with E-state index in [1.807, 2.05) is 13.1 Å². The number of hydrogen-bond donors (Lipinski definition) is 2. The molecule has 1 fully saturated rings. The van der Waals surface area contributed by atoms with Gasteiger partial charge in [0.1, 0.15) is 0 Å². The van der Waals surface area contributed by atoms with E-state index < -0.39 is 0 Å². The Hall–Kier alpha value is -0.940. The molecule has 2 rings (SSSR count). The highest BCUT2D eigenvalue weighted by molar-refractivity contribution is 7.11. The van der Waals surface area contributed by atoms with Gasteiger partial charge in [-0.15, -0.1) is 11.3 Å². The molecule has 4 nitrogen and oxygen atoms in total. The number of aryl methyl sites for hydroxylation is 1. The van der Waals surface area contributed by atoms with Crippen molar-refractivity contribution < 1.29 is 4.79 Å². The van der Waals surface area contributed by atoms with Gasteiger partial charge in [-0.1, -0.05) is 0 Å². The predicted molar refractivity (Wildman–Crippen MR) is 68.9 cm³/mol. The van der Waals surface area contributed by atoms with Crippen LogP contribution in [-0.2, 0) is 11.3 Å². The summed E-state index contributed by atoms with van der Waals surface area (Å²) >= 11 is 1.64. The lowest BCUT2D eigenvalue weighted by atomic mass is 9.96. The van der Waals surface area contributed by atoms with Gasteiger partial charge >= 0.3 is 0 Å². The van der Waals surface area contributed by atoms with Crippen molar-refractivity contribution >= 4 is 17.2 Å². The second kappa shape index (κ2) is 6.12. The summed E-state index contributed by atoms with van der Waals surface area (Å²) < 4.78 is 0. The van der Waals surface area contributed by atoms with Crippen molar-refractivity contribution in [3.8, 4) is 0 Å². The van der Waals surface area contributed by atoms with E-state index in [0.717, 1.165) is 23.0 Å². The van der Waals surface area contributed by atoms with Crippen LogP contribution >= 0.6 is 11.3 Å². The molecule has 1 saturated heterocycles. The average molecular weight is 253 g/mol. The molecule has 2 heterocycles. The Labute approximate surface area is 106 Å². The van der Waals surface area contributed by atoms with Crippen LogP contribution in [0, 0.1) is 12.8 Å². The molecule has 0 aliphatic carbocycles. The molecule has 1 atom stereocenters. The van der Waals surface area contributed by atoms with Crippen molar-refractivity contribution in [2.45, 2.75) is 32.7 Å². The minimum absolute atomic E-state index is 0.157. The molecular weight excluding hydrogens is 234 g/mol. The number of nitrogens with zero attached hydrogens (tertiary/aromatic N) is 1. The molecule has 2 N–H and O–H groups in total. The molecular formula is C12H19N3OS. The summed E-state index contributed by atoms with van der Waals surface area (Å²) in [7, 11) is 0. The van der Waals surface area contributed by atoms with Crippen LogP contribution in [0.4, 0.5) is 0 Å². The van der Waals surface area contributed by atoms with E-state index in [2.05, 4.69) is 15.6 Å². The molecule has 17 heavy (non-hydrogen) atoms. The van der Waals surface area contributed by atoms with Crippen LogP contribution in [-0.4, -0.2) is 24.0 Å². The number of thiazole rings is 1. The van der Waals surface area contributed by atoms with Crippen LogP contribution in [0.15, 0.2) is 6.20 Å². The van der Waals surface area contributed by atoms with Crippen molar-refractivity contribution in [3.05, 3.63) is 16.1 Å². The van der Waals surface area contributed by atoms with Gasteiger partial charge in [0, 0.05) is 17.5 Å². The SMILES string of the molecule is Cc1ncc(CNC(=O)CC2CCCNC2)s1. The Balaban J connectivity index is 1.70. The first kappa shape index (κ1) is 12.5. The summed E-state index contributed by atoms with van der Waals surface area (Å²) in [4.78, 5) is 17.0. The highest BCUT2D eigenvalue weighted by Crippen LogP contribution is 2.14. The topological polar surface area (TPSA) is 54.0 Å². The van der Waals surface area contributed by atoms with E-state index in [1.54, 1.807) is 11.3 Å². The van der Waals surface area contributed by atoms with Crippen LogP contribution in [0.5, 0.6) is 0 Å². The molecule has 1 aliphatic heterocycles. The van der Waals surface area contributed by atoms with Gasteiger partial charge in [-0.05, 0) is 38.8 Å². The third-order valence-corrected chi connectivity index (χ3v) is 3.91. The third-order valence-electron chi connectivity index (χ3n) is 3.00. The number of carbonyl (C=O) groups is 1. The molecule has 94 valence electrons. The fourth-order valence-corrected chi connectivity index (χ4v) is 2.84. The van der Waals surface area contributed by atoms with Crippen LogP contribution in [0.1, 0.15) is 29.1 Å². The maximum Gasteiger partial charge on any atom is 0.220 e. The number of hydrogen-bond acceptors (Lipinski definition) is 4. The average Bonchev–Trinajstić information content (AvgIpc) is 2.74. The van der Waals surface area contributed by atoms with Gasteiger partial charge in [-0.3, -0.25) is 4.79 Å². The smallest absolute Gasteiger partial charge is 0.220 e.